The number of fused-ring (bicyclic) bond motifs is 1. The van der Waals surface area contributed by atoms with Crippen LogP contribution < -0.4 is 10.6 Å². The fraction of sp³-hybridized carbons (Fsp3) is 0.692. The molecule has 17 heavy (non-hydrogen) atoms. The first-order valence-corrected chi connectivity index (χ1v) is 6.62. The molecule has 1 aliphatic heterocycles. The van der Waals surface area contributed by atoms with Crippen molar-refractivity contribution in [3.05, 3.63) is 11.9 Å². The largest absolute Gasteiger partial charge is 0.384 e. The zero-order valence-electron chi connectivity index (χ0n) is 10.4. The highest BCUT2D eigenvalue weighted by Gasteiger charge is 2.35. The summed E-state index contributed by atoms with van der Waals surface area (Å²) in [6.45, 7) is 3.03. The summed E-state index contributed by atoms with van der Waals surface area (Å²) in [4.78, 5) is 11.2. The van der Waals surface area contributed by atoms with Gasteiger partial charge in [0.1, 0.15) is 17.5 Å². The van der Waals surface area contributed by atoms with Gasteiger partial charge in [-0.1, -0.05) is 6.42 Å². The molecule has 1 aromatic heterocycles. The number of aromatic nitrogens is 2. The Hall–Kier alpha value is -1.32. The van der Waals surface area contributed by atoms with Crippen LogP contribution in [0.5, 0.6) is 0 Å². The molecule has 0 bridgehead atoms. The predicted octanol–water partition coefficient (Wildman–Crippen LogP) is 2.14. The molecule has 2 heterocycles. The van der Waals surface area contributed by atoms with Crippen LogP contribution in [0.15, 0.2) is 6.07 Å². The van der Waals surface area contributed by atoms with E-state index in [4.69, 9.17) is 5.73 Å². The van der Waals surface area contributed by atoms with Gasteiger partial charge in [0.05, 0.1) is 0 Å². The average molecular weight is 232 g/mol. The number of anilines is 2. The van der Waals surface area contributed by atoms with Crippen molar-refractivity contribution >= 4 is 11.6 Å². The molecule has 92 valence electrons. The van der Waals surface area contributed by atoms with Crippen LogP contribution in [-0.2, 0) is 0 Å². The number of hydrogen-bond acceptors (Lipinski definition) is 4. The smallest absolute Gasteiger partial charge is 0.134 e. The van der Waals surface area contributed by atoms with Crippen LogP contribution >= 0.6 is 0 Å². The molecule has 2 unspecified atom stereocenters. The highest BCUT2D eigenvalue weighted by Crippen LogP contribution is 2.38. The van der Waals surface area contributed by atoms with Crippen LogP contribution in [0.25, 0.3) is 0 Å². The van der Waals surface area contributed by atoms with E-state index in [-0.39, 0.29) is 0 Å². The zero-order chi connectivity index (χ0) is 11.8. The fourth-order valence-electron chi connectivity index (χ4n) is 3.46. The van der Waals surface area contributed by atoms with Gasteiger partial charge in [-0.3, -0.25) is 0 Å². The molecular weight excluding hydrogens is 212 g/mol. The second-order valence-corrected chi connectivity index (χ2v) is 5.29. The van der Waals surface area contributed by atoms with Crippen LogP contribution in [0.4, 0.5) is 11.6 Å². The molecule has 4 nitrogen and oxygen atoms in total. The van der Waals surface area contributed by atoms with Gasteiger partial charge in [-0.05, 0) is 38.5 Å². The molecule has 0 amide bonds. The molecule has 3 rings (SSSR count). The molecule has 4 heteroatoms. The third-order valence-corrected chi connectivity index (χ3v) is 4.13. The molecule has 1 saturated heterocycles. The zero-order valence-corrected chi connectivity index (χ0v) is 10.4. The first kappa shape index (κ1) is 10.8. The standard InChI is InChI=1S/C13H20N4/c1-9-15-12(14)8-13(16-9)17-7-3-5-10-4-2-6-11(10)17/h8,10-11H,2-7H2,1H3,(H2,14,15,16). The second kappa shape index (κ2) is 4.17. The summed E-state index contributed by atoms with van der Waals surface area (Å²) in [5.41, 5.74) is 5.83. The van der Waals surface area contributed by atoms with Gasteiger partial charge >= 0.3 is 0 Å². The second-order valence-electron chi connectivity index (χ2n) is 5.29. The van der Waals surface area contributed by atoms with Gasteiger partial charge < -0.3 is 10.6 Å². The molecule has 2 N–H and O–H groups in total. The van der Waals surface area contributed by atoms with Crippen molar-refractivity contribution in [3.8, 4) is 0 Å². The maximum absolute atomic E-state index is 5.83. The summed E-state index contributed by atoms with van der Waals surface area (Å²) in [6, 6.07) is 2.62. The van der Waals surface area contributed by atoms with Crippen molar-refractivity contribution in [2.24, 2.45) is 5.92 Å². The molecule has 2 fully saturated rings. The van der Waals surface area contributed by atoms with E-state index in [1.807, 2.05) is 13.0 Å². The number of aryl methyl sites for hydroxylation is 1. The van der Waals surface area contributed by atoms with Gasteiger partial charge in [-0.25, -0.2) is 9.97 Å². The van der Waals surface area contributed by atoms with Crippen LogP contribution in [-0.4, -0.2) is 22.6 Å². The van der Waals surface area contributed by atoms with E-state index >= 15 is 0 Å². The van der Waals surface area contributed by atoms with Gasteiger partial charge in [0.15, 0.2) is 0 Å². The summed E-state index contributed by atoms with van der Waals surface area (Å²) < 4.78 is 0. The lowest BCUT2D eigenvalue weighted by Crippen LogP contribution is -2.43. The number of piperidine rings is 1. The van der Waals surface area contributed by atoms with Crippen molar-refractivity contribution in [1.29, 1.82) is 0 Å². The van der Waals surface area contributed by atoms with Crippen molar-refractivity contribution in [3.63, 3.8) is 0 Å². The predicted molar refractivity (Wildman–Crippen MR) is 68.9 cm³/mol. The number of nitrogen functional groups attached to an aromatic ring is 1. The van der Waals surface area contributed by atoms with Crippen molar-refractivity contribution in [2.75, 3.05) is 17.2 Å². The molecule has 0 radical (unpaired) electrons. The Balaban J connectivity index is 1.91. The van der Waals surface area contributed by atoms with Gasteiger partial charge in [0.25, 0.3) is 0 Å². The minimum atomic E-state index is 0.590. The Bertz CT molecular complexity index is 398. The monoisotopic (exact) mass is 232 g/mol. The van der Waals surface area contributed by atoms with Gasteiger partial charge in [0, 0.05) is 18.7 Å². The van der Waals surface area contributed by atoms with Gasteiger partial charge in [0.2, 0.25) is 0 Å². The van der Waals surface area contributed by atoms with E-state index in [0.29, 0.717) is 11.9 Å². The summed E-state index contributed by atoms with van der Waals surface area (Å²) >= 11 is 0. The lowest BCUT2D eigenvalue weighted by Gasteiger charge is -2.38. The topological polar surface area (TPSA) is 55.0 Å². The summed E-state index contributed by atoms with van der Waals surface area (Å²) in [5, 5.41) is 0. The van der Waals surface area contributed by atoms with Crippen LogP contribution in [0.3, 0.4) is 0 Å². The Morgan fingerprint density at radius 2 is 2.06 bits per heavy atom. The fourth-order valence-corrected chi connectivity index (χ4v) is 3.46. The first-order chi connectivity index (χ1) is 8.24. The Morgan fingerprint density at radius 3 is 2.88 bits per heavy atom. The molecule has 1 aromatic rings. The maximum Gasteiger partial charge on any atom is 0.134 e. The lowest BCUT2D eigenvalue weighted by atomic mass is 9.92. The Kier molecular flexibility index (Phi) is 2.65. The molecule has 2 aliphatic rings. The molecule has 1 saturated carbocycles. The highest BCUT2D eigenvalue weighted by molar-refractivity contribution is 5.48. The van der Waals surface area contributed by atoms with Crippen LogP contribution in [0, 0.1) is 12.8 Å². The summed E-state index contributed by atoms with van der Waals surface area (Å²) in [5.74, 6) is 3.28. The molecule has 2 atom stereocenters. The Labute approximate surface area is 102 Å². The minimum absolute atomic E-state index is 0.590. The van der Waals surface area contributed by atoms with E-state index in [9.17, 15) is 0 Å². The summed E-state index contributed by atoms with van der Waals surface area (Å²) in [7, 11) is 0. The average Bonchev–Trinajstić information content (AvgIpc) is 2.75. The molecule has 0 aromatic carbocycles. The SMILES string of the molecule is Cc1nc(N)cc(N2CCCC3CCCC32)n1. The number of hydrogen-bond donors (Lipinski definition) is 1. The number of nitrogens with two attached hydrogens (primary N) is 1. The van der Waals surface area contributed by atoms with Crippen molar-refractivity contribution in [1.82, 2.24) is 9.97 Å². The number of nitrogens with zero attached hydrogens (tertiary/aromatic N) is 3. The Morgan fingerprint density at radius 1 is 1.24 bits per heavy atom. The van der Waals surface area contributed by atoms with E-state index in [1.54, 1.807) is 0 Å². The maximum atomic E-state index is 5.83. The molecular formula is C13H20N4. The number of rotatable bonds is 1. The normalized spacial score (nSPS) is 28.2. The summed E-state index contributed by atoms with van der Waals surface area (Å²) in [6.07, 6.45) is 6.74. The van der Waals surface area contributed by atoms with E-state index in [0.717, 1.165) is 24.1 Å². The third-order valence-electron chi connectivity index (χ3n) is 4.13. The van der Waals surface area contributed by atoms with Crippen molar-refractivity contribution in [2.45, 2.75) is 45.1 Å². The first-order valence-electron chi connectivity index (χ1n) is 6.62. The lowest BCUT2D eigenvalue weighted by molar-refractivity contribution is 0.360. The highest BCUT2D eigenvalue weighted by atomic mass is 15.2. The third kappa shape index (κ3) is 1.96. The molecule has 1 aliphatic carbocycles. The van der Waals surface area contributed by atoms with Gasteiger partial charge in [-0.2, -0.15) is 0 Å². The van der Waals surface area contributed by atoms with E-state index in [2.05, 4.69) is 14.9 Å². The molecule has 0 spiro atoms. The van der Waals surface area contributed by atoms with Crippen LogP contribution in [0.2, 0.25) is 0 Å². The van der Waals surface area contributed by atoms with E-state index < -0.39 is 0 Å². The minimum Gasteiger partial charge on any atom is -0.384 e. The quantitative estimate of drug-likeness (QED) is 0.806. The van der Waals surface area contributed by atoms with Gasteiger partial charge in [-0.15, -0.1) is 0 Å². The van der Waals surface area contributed by atoms with E-state index in [1.165, 1.54) is 32.1 Å². The van der Waals surface area contributed by atoms with Crippen molar-refractivity contribution < 1.29 is 0 Å². The van der Waals surface area contributed by atoms with Crippen LogP contribution in [0.1, 0.15) is 37.9 Å².